The Morgan fingerprint density at radius 1 is 1.34 bits per heavy atom. The number of aryl methyl sites for hydroxylation is 1. The molecule has 3 aromatic rings. The Morgan fingerprint density at radius 2 is 2.07 bits per heavy atom. The van der Waals surface area contributed by atoms with Gasteiger partial charge in [0.05, 0.1) is 27.7 Å². The zero-order valence-corrected chi connectivity index (χ0v) is 19.2. The van der Waals surface area contributed by atoms with Crippen LogP contribution < -0.4 is 11.1 Å². The third kappa shape index (κ3) is 4.74. The molecule has 158 valence electrons. The van der Waals surface area contributed by atoms with Crippen molar-refractivity contribution >= 4 is 53.1 Å². The Hall–Kier alpha value is -1.67. The van der Waals surface area contributed by atoms with Crippen molar-refractivity contribution in [3.63, 3.8) is 0 Å². The van der Waals surface area contributed by atoms with Crippen LogP contribution in [0.4, 0.5) is 0 Å². The molecule has 0 aromatic carbocycles. The average Bonchev–Trinajstić information content (AvgIpc) is 3.24. The van der Waals surface area contributed by atoms with E-state index in [1.54, 1.807) is 17.5 Å². The molecule has 0 saturated heterocycles. The number of carbonyl (C=O) groups excluding carboxylic acids is 1. The van der Waals surface area contributed by atoms with Crippen LogP contribution in [-0.2, 0) is 0 Å². The standard InChI is InChI=1S/C20H25N5OS.2ClH/c1-11(2)25-19-15(10-22-25)14(20(26)24-17(9-21)13-5-6-13)8-16(23-19)18-7-4-12(3)27-18;;/h4,7-8,10-11,13,17H,5-6,9,21H2,1-3H3,(H,24,26);2*1H. The molecule has 1 atom stereocenters. The van der Waals surface area contributed by atoms with Crippen molar-refractivity contribution in [3.05, 3.63) is 34.8 Å². The molecule has 1 amide bonds. The lowest BCUT2D eigenvalue weighted by Gasteiger charge is -2.17. The molecule has 29 heavy (non-hydrogen) atoms. The van der Waals surface area contributed by atoms with Crippen LogP contribution >= 0.6 is 36.2 Å². The van der Waals surface area contributed by atoms with Gasteiger partial charge in [-0.25, -0.2) is 9.67 Å². The Bertz CT molecular complexity index is 996. The second kappa shape index (κ2) is 9.43. The summed E-state index contributed by atoms with van der Waals surface area (Å²) in [6.07, 6.45) is 4.02. The highest BCUT2D eigenvalue weighted by molar-refractivity contribution is 7.15. The number of fused-ring (bicyclic) bond motifs is 1. The summed E-state index contributed by atoms with van der Waals surface area (Å²) in [6, 6.07) is 6.21. The maximum atomic E-state index is 13.1. The molecular formula is C20H27Cl2N5OS. The summed E-state index contributed by atoms with van der Waals surface area (Å²) < 4.78 is 1.87. The second-order valence-corrected chi connectivity index (χ2v) is 8.83. The van der Waals surface area contributed by atoms with Crippen LogP contribution in [-0.4, -0.2) is 33.3 Å². The Labute approximate surface area is 187 Å². The van der Waals surface area contributed by atoms with Gasteiger partial charge in [0, 0.05) is 23.5 Å². The van der Waals surface area contributed by atoms with E-state index in [9.17, 15) is 4.79 Å². The number of thiophene rings is 1. The van der Waals surface area contributed by atoms with Gasteiger partial charge in [-0.2, -0.15) is 5.10 Å². The van der Waals surface area contributed by atoms with E-state index in [2.05, 4.69) is 43.3 Å². The van der Waals surface area contributed by atoms with Crippen LogP contribution in [0.25, 0.3) is 21.6 Å². The van der Waals surface area contributed by atoms with Crippen molar-refractivity contribution in [2.75, 3.05) is 6.54 Å². The molecule has 0 aliphatic heterocycles. The molecule has 3 N–H and O–H groups in total. The van der Waals surface area contributed by atoms with E-state index in [0.29, 0.717) is 18.0 Å². The SMILES string of the molecule is Cc1ccc(-c2cc(C(=O)NC(CN)C3CC3)c3cnn(C(C)C)c3n2)s1.Cl.Cl. The summed E-state index contributed by atoms with van der Waals surface area (Å²) in [7, 11) is 0. The van der Waals surface area contributed by atoms with E-state index in [0.717, 1.165) is 34.4 Å². The molecule has 1 fully saturated rings. The first kappa shape index (κ1) is 23.6. The summed E-state index contributed by atoms with van der Waals surface area (Å²) in [4.78, 5) is 20.2. The van der Waals surface area contributed by atoms with E-state index >= 15 is 0 Å². The minimum Gasteiger partial charge on any atom is -0.348 e. The molecule has 1 unspecified atom stereocenters. The average molecular weight is 456 g/mol. The first-order valence-corrected chi connectivity index (χ1v) is 10.3. The Balaban J connectivity index is 0.00000150. The van der Waals surface area contributed by atoms with Crippen molar-refractivity contribution in [3.8, 4) is 10.6 Å². The van der Waals surface area contributed by atoms with Crippen molar-refractivity contribution in [2.24, 2.45) is 11.7 Å². The predicted octanol–water partition coefficient (Wildman–Crippen LogP) is 4.36. The van der Waals surface area contributed by atoms with E-state index in [-0.39, 0.29) is 42.8 Å². The van der Waals surface area contributed by atoms with Gasteiger partial charge in [0.15, 0.2) is 5.65 Å². The molecule has 6 nitrogen and oxygen atoms in total. The number of hydrogen-bond donors (Lipinski definition) is 2. The van der Waals surface area contributed by atoms with Crippen LogP contribution in [0, 0.1) is 12.8 Å². The van der Waals surface area contributed by atoms with Gasteiger partial charge in [0.1, 0.15) is 0 Å². The minimum atomic E-state index is -0.0948. The number of nitrogens with zero attached hydrogens (tertiary/aromatic N) is 3. The van der Waals surface area contributed by atoms with Crippen LogP contribution in [0.15, 0.2) is 24.4 Å². The molecule has 3 aromatic heterocycles. The third-order valence-corrected chi connectivity index (χ3v) is 6.08. The predicted molar refractivity (Wildman–Crippen MR) is 123 cm³/mol. The fourth-order valence-electron chi connectivity index (χ4n) is 3.40. The van der Waals surface area contributed by atoms with Crippen LogP contribution in [0.5, 0.6) is 0 Å². The lowest BCUT2D eigenvalue weighted by molar-refractivity contribution is 0.0935. The van der Waals surface area contributed by atoms with E-state index in [1.165, 1.54) is 4.88 Å². The Kier molecular flexibility index (Phi) is 7.67. The van der Waals surface area contributed by atoms with Gasteiger partial charge in [-0.3, -0.25) is 4.79 Å². The second-order valence-electron chi connectivity index (χ2n) is 7.54. The van der Waals surface area contributed by atoms with E-state index in [1.807, 2.05) is 10.7 Å². The summed E-state index contributed by atoms with van der Waals surface area (Å²) in [6.45, 7) is 6.66. The van der Waals surface area contributed by atoms with Gasteiger partial charge in [-0.15, -0.1) is 36.2 Å². The van der Waals surface area contributed by atoms with Crippen LogP contribution in [0.3, 0.4) is 0 Å². The van der Waals surface area contributed by atoms with Crippen molar-refractivity contribution in [1.82, 2.24) is 20.1 Å². The minimum absolute atomic E-state index is 0. The topological polar surface area (TPSA) is 85.8 Å². The molecule has 0 spiro atoms. The number of amides is 1. The zero-order valence-electron chi connectivity index (χ0n) is 16.7. The largest absolute Gasteiger partial charge is 0.348 e. The number of rotatable bonds is 6. The highest BCUT2D eigenvalue weighted by Crippen LogP contribution is 2.33. The summed E-state index contributed by atoms with van der Waals surface area (Å²) >= 11 is 1.68. The number of nitrogens with two attached hydrogens (primary N) is 1. The monoisotopic (exact) mass is 455 g/mol. The molecule has 1 aliphatic rings. The molecule has 3 heterocycles. The van der Waals surface area contributed by atoms with E-state index in [4.69, 9.17) is 10.7 Å². The maximum Gasteiger partial charge on any atom is 0.252 e. The molecule has 1 aliphatic carbocycles. The van der Waals surface area contributed by atoms with Gasteiger partial charge >= 0.3 is 0 Å². The van der Waals surface area contributed by atoms with Gasteiger partial charge in [0.25, 0.3) is 5.91 Å². The fourth-order valence-corrected chi connectivity index (χ4v) is 4.22. The third-order valence-electron chi connectivity index (χ3n) is 5.05. The highest BCUT2D eigenvalue weighted by Gasteiger charge is 2.32. The molecule has 0 radical (unpaired) electrons. The fraction of sp³-hybridized carbons (Fsp3) is 0.450. The van der Waals surface area contributed by atoms with Crippen molar-refractivity contribution < 1.29 is 4.79 Å². The number of nitrogens with one attached hydrogen (secondary N) is 1. The van der Waals surface area contributed by atoms with Gasteiger partial charge in [-0.1, -0.05) is 0 Å². The molecule has 9 heteroatoms. The lowest BCUT2D eigenvalue weighted by atomic mass is 10.1. The highest BCUT2D eigenvalue weighted by atomic mass is 35.5. The molecule has 1 saturated carbocycles. The molecular weight excluding hydrogens is 429 g/mol. The zero-order chi connectivity index (χ0) is 19.1. The number of aromatic nitrogens is 3. The van der Waals surface area contributed by atoms with Crippen LogP contribution in [0.1, 0.15) is 48.0 Å². The first-order chi connectivity index (χ1) is 13.0. The van der Waals surface area contributed by atoms with Crippen molar-refractivity contribution in [1.29, 1.82) is 0 Å². The van der Waals surface area contributed by atoms with Crippen LogP contribution in [0.2, 0.25) is 0 Å². The number of halogens is 2. The van der Waals surface area contributed by atoms with Gasteiger partial charge < -0.3 is 11.1 Å². The number of hydrogen-bond acceptors (Lipinski definition) is 5. The first-order valence-electron chi connectivity index (χ1n) is 9.44. The lowest BCUT2D eigenvalue weighted by Crippen LogP contribution is -2.41. The summed E-state index contributed by atoms with van der Waals surface area (Å²) in [5.41, 5.74) is 8.05. The normalized spacial score (nSPS) is 14.4. The summed E-state index contributed by atoms with van der Waals surface area (Å²) in [5.74, 6) is 0.414. The smallest absolute Gasteiger partial charge is 0.252 e. The maximum absolute atomic E-state index is 13.1. The van der Waals surface area contributed by atoms with Gasteiger partial charge in [-0.05, 0) is 57.7 Å². The number of pyridine rings is 1. The number of carbonyl (C=O) groups is 1. The molecule has 0 bridgehead atoms. The van der Waals surface area contributed by atoms with E-state index < -0.39 is 0 Å². The summed E-state index contributed by atoms with van der Waals surface area (Å²) in [5, 5.41) is 8.39. The van der Waals surface area contributed by atoms with Crippen molar-refractivity contribution in [2.45, 2.75) is 45.7 Å². The quantitative estimate of drug-likeness (QED) is 0.577. The molecule has 4 rings (SSSR count). The Morgan fingerprint density at radius 3 is 2.62 bits per heavy atom. The van der Waals surface area contributed by atoms with Gasteiger partial charge in [0.2, 0.25) is 0 Å².